The fourth-order valence-corrected chi connectivity index (χ4v) is 4.76. The maximum Gasteiger partial charge on any atom is 0.419 e. The third kappa shape index (κ3) is 4.23. The molecule has 4 heteroatoms. The van der Waals surface area contributed by atoms with Gasteiger partial charge in [-0.1, -0.05) is 87.4 Å². The predicted octanol–water partition coefficient (Wildman–Crippen LogP) is 4.89. The van der Waals surface area contributed by atoms with Crippen LogP contribution in [0.5, 0.6) is 0 Å². The van der Waals surface area contributed by atoms with Crippen molar-refractivity contribution in [1.29, 1.82) is 0 Å². The number of unbranched alkanes of at least 4 members (excludes halogenated alkanes) is 1. The van der Waals surface area contributed by atoms with Gasteiger partial charge < -0.3 is 0 Å². The van der Waals surface area contributed by atoms with Gasteiger partial charge in [-0.25, -0.2) is 0 Å². The molecule has 0 radical (unpaired) electrons. The topological polar surface area (TPSA) is 60.7 Å². The van der Waals surface area contributed by atoms with E-state index in [1.807, 2.05) is 60.7 Å². The molecule has 0 heterocycles. The lowest BCUT2D eigenvalue weighted by Crippen LogP contribution is -2.31. The fraction of sp³-hybridized carbons (Fsp3) is 0.400. The summed E-state index contributed by atoms with van der Waals surface area (Å²) in [4.78, 5) is 31.4. The summed E-state index contributed by atoms with van der Waals surface area (Å²) in [6.45, 7) is 4.37. The second kappa shape index (κ2) is 8.22. The minimum Gasteiger partial charge on any atom is -0.192 e. The van der Waals surface area contributed by atoms with Crippen LogP contribution >= 0.6 is 7.94 Å². The van der Waals surface area contributed by atoms with Gasteiger partial charge in [-0.05, 0) is 12.3 Å². The van der Waals surface area contributed by atoms with Crippen LogP contribution in [-0.4, -0.2) is 14.7 Å². The summed E-state index contributed by atoms with van der Waals surface area (Å²) >= 11 is 0. The molecular weight excluding hydrogens is 319 g/mol. The Bertz CT molecular complexity index is 566. The van der Waals surface area contributed by atoms with Gasteiger partial charge in [0.1, 0.15) is 0 Å². The molecule has 0 amide bonds. The zero-order chi connectivity index (χ0) is 17.6. The molecule has 0 spiro atoms. The quantitative estimate of drug-likeness (QED) is 0.471. The number of benzene rings is 2. The molecule has 0 aliphatic rings. The Kier molecular flexibility index (Phi) is 6.54. The van der Waals surface area contributed by atoms with Crippen molar-refractivity contribution in [2.75, 3.05) is 0 Å². The highest BCUT2D eigenvalue weighted by Crippen LogP contribution is 2.68. The highest BCUT2D eigenvalue weighted by Gasteiger charge is 2.60. The van der Waals surface area contributed by atoms with Gasteiger partial charge in [0, 0.05) is 17.5 Å². The van der Waals surface area contributed by atoms with Gasteiger partial charge in [-0.15, -0.1) is 0 Å². The summed E-state index contributed by atoms with van der Waals surface area (Å²) in [5, 5.41) is -1.16. The lowest BCUT2D eigenvalue weighted by Gasteiger charge is -2.33. The van der Waals surface area contributed by atoms with Crippen LogP contribution in [0.4, 0.5) is 0 Å². The van der Waals surface area contributed by atoms with Crippen molar-refractivity contribution in [3.63, 3.8) is 0 Å². The van der Waals surface area contributed by atoms with E-state index in [9.17, 15) is 14.7 Å². The summed E-state index contributed by atoms with van der Waals surface area (Å²) in [5.74, 6) is 0.616. The lowest BCUT2D eigenvalue weighted by atomic mass is 9.85. The minimum atomic E-state index is -4.16. The molecule has 0 fully saturated rings. The van der Waals surface area contributed by atoms with Crippen LogP contribution < -0.4 is 0 Å². The molecule has 24 heavy (non-hydrogen) atoms. The average molecular weight is 347 g/mol. The molecule has 0 bridgehead atoms. The normalized spacial score (nSPS) is 12.6. The Morgan fingerprint density at radius 3 is 1.62 bits per heavy atom. The maximum absolute atomic E-state index is 10.5. The van der Waals surface area contributed by atoms with E-state index in [2.05, 4.69) is 13.8 Å². The van der Waals surface area contributed by atoms with Gasteiger partial charge >= 0.3 is 7.94 Å². The summed E-state index contributed by atoms with van der Waals surface area (Å²) in [5.41, 5.74) is 1.50. The van der Waals surface area contributed by atoms with E-state index in [4.69, 9.17) is 0 Å². The van der Waals surface area contributed by atoms with Crippen molar-refractivity contribution in [2.24, 2.45) is 5.92 Å². The van der Waals surface area contributed by atoms with E-state index < -0.39 is 13.1 Å². The van der Waals surface area contributed by atoms with Crippen molar-refractivity contribution >= 4 is 7.94 Å². The zero-order valence-corrected chi connectivity index (χ0v) is 15.4. The van der Waals surface area contributed by atoms with Crippen molar-refractivity contribution < 1.29 is 14.7 Å². The molecule has 0 aromatic heterocycles. The van der Waals surface area contributed by atoms with Gasteiger partial charge in [0.15, 0.2) is 0 Å². The van der Waals surface area contributed by atoms with Crippen LogP contribution in [0.1, 0.15) is 50.7 Å². The second-order valence-corrected chi connectivity index (χ2v) is 8.70. The Balaban J connectivity index is 2.45. The van der Waals surface area contributed by atoms with Gasteiger partial charge in [-0.3, -0.25) is 0 Å². The molecule has 2 aromatic carbocycles. The molecular formula is C20H28O3P+. The molecule has 0 aliphatic heterocycles. The highest BCUT2D eigenvalue weighted by atomic mass is 31.2. The lowest BCUT2D eigenvalue weighted by molar-refractivity contribution is 0.286. The summed E-state index contributed by atoms with van der Waals surface area (Å²) < 4.78 is 0. The standard InChI is InChI=1S/C20H28O3P/c1-17(2)11-9-10-16-20(24(21,22)23,18-12-5-3-6-13-18)19-14-7-4-8-15-19/h3-8,12-15,17,21-23H,9-11,16H2,1-2H3/q+1. The highest BCUT2D eigenvalue weighted by molar-refractivity contribution is 7.60. The first-order chi connectivity index (χ1) is 11.4. The van der Waals surface area contributed by atoms with E-state index in [1.165, 1.54) is 0 Å². The van der Waals surface area contributed by atoms with Crippen molar-refractivity contribution in [2.45, 2.75) is 44.7 Å². The van der Waals surface area contributed by atoms with Gasteiger partial charge in [0.05, 0.1) is 0 Å². The van der Waals surface area contributed by atoms with Crippen molar-refractivity contribution in [1.82, 2.24) is 0 Å². The predicted molar refractivity (Wildman–Crippen MR) is 101 cm³/mol. The Labute approximate surface area is 145 Å². The smallest absolute Gasteiger partial charge is 0.192 e. The van der Waals surface area contributed by atoms with E-state index in [0.717, 1.165) is 30.4 Å². The molecule has 0 unspecified atom stereocenters. The minimum absolute atomic E-state index is 0.505. The number of rotatable bonds is 8. The summed E-state index contributed by atoms with van der Waals surface area (Å²) in [6, 6.07) is 18.7. The molecule has 0 aliphatic carbocycles. The van der Waals surface area contributed by atoms with Crippen LogP contribution in [0, 0.1) is 5.92 Å². The molecule has 2 aromatic rings. The summed E-state index contributed by atoms with van der Waals surface area (Å²) in [6.07, 6.45) is 3.42. The monoisotopic (exact) mass is 347 g/mol. The molecule has 3 N–H and O–H groups in total. The van der Waals surface area contributed by atoms with E-state index in [1.54, 1.807) is 0 Å². The zero-order valence-electron chi connectivity index (χ0n) is 14.5. The van der Waals surface area contributed by atoms with Gasteiger partial charge in [0.25, 0.3) is 0 Å². The van der Waals surface area contributed by atoms with E-state index in [0.29, 0.717) is 12.3 Å². The van der Waals surface area contributed by atoms with E-state index >= 15 is 0 Å². The number of hydrogen-bond donors (Lipinski definition) is 3. The SMILES string of the molecule is CC(C)CCCCC(c1ccccc1)(c1ccccc1)[P+](O)(O)O. The molecule has 2 rings (SSSR count). The Morgan fingerprint density at radius 2 is 1.25 bits per heavy atom. The molecule has 0 saturated carbocycles. The Morgan fingerprint density at radius 1 is 0.792 bits per heavy atom. The van der Waals surface area contributed by atoms with Crippen LogP contribution in [0.3, 0.4) is 0 Å². The first-order valence-electron chi connectivity index (χ1n) is 8.56. The molecule has 0 atom stereocenters. The molecule has 0 saturated heterocycles. The second-order valence-electron chi connectivity index (χ2n) is 6.80. The average Bonchev–Trinajstić information content (AvgIpc) is 2.55. The first-order valence-corrected chi connectivity index (χ1v) is 10.2. The largest absolute Gasteiger partial charge is 0.419 e. The van der Waals surface area contributed by atoms with Crippen molar-refractivity contribution in [3.05, 3.63) is 71.8 Å². The maximum atomic E-state index is 10.5. The van der Waals surface area contributed by atoms with Crippen LogP contribution in [-0.2, 0) is 5.16 Å². The number of hydrogen-bond acceptors (Lipinski definition) is 3. The third-order valence-electron chi connectivity index (χ3n) is 4.58. The fourth-order valence-electron chi connectivity index (χ4n) is 3.31. The van der Waals surface area contributed by atoms with Crippen molar-refractivity contribution in [3.8, 4) is 0 Å². The van der Waals surface area contributed by atoms with Gasteiger partial charge in [-0.2, -0.15) is 14.7 Å². The van der Waals surface area contributed by atoms with Crippen LogP contribution in [0.15, 0.2) is 60.7 Å². The van der Waals surface area contributed by atoms with Gasteiger partial charge in [0.2, 0.25) is 5.16 Å². The van der Waals surface area contributed by atoms with Crippen LogP contribution in [0.25, 0.3) is 0 Å². The third-order valence-corrected chi connectivity index (χ3v) is 6.35. The Hall–Kier alpha value is -1.25. The first kappa shape index (κ1) is 19.1. The van der Waals surface area contributed by atoms with E-state index in [-0.39, 0.29) is 0 Å². The summed E-state index contributed by atoms with van der Waals surface area (Å²) in [7, 11) is -4.16. The van der Waals surface area contributed by atoms with Crippen LogP contribution in [0.2, 0.25) is 0 Å². The molecule has 130 valence electrons. The molecule has 3 nitrogen and oxygen atoms in total.